The first kappa shape index (κ1) is 14.3. The summed E-state index contributed by atoms with van der Waals surface area (Å²) in [5, 5.41) is 15.0. The zero-order chi connectivity index (χ0) is 13.4. The zero-order valence-electron chi connectivity index (χ0n) is 12.6. The highest BCUT2D eigenvalue weighted by Gasteiger charge is 2.50. The Morgan fingerprint density at radius 2 is 1.89 bits per heavy atom. The van der Waals surface area contributed by atoms with Crippen molar-refractivity contribution in [2.24, 2.45) is 17.3 Å². The molecule has 0 aromatic heterocycles. The average molecular weight is 253 g/mol. The van der Waals surface area contributed by atoms with E-state index in [9.17, 15) is 5.11 Å². The van der Waals surface area contributed by atoms with Crippen molar-refractivity contribution in [2.45, 2.75) is 77.9 Å². The predicted octanol–water partition coefficient (Wildman–Crippen LogP) is 3.34. The van der Waals surface area contributed by atoms with Gasteiger partial charge in [0.2, 0.25) is 0 Å². The smallest absolute Gasteiger partial charge is 0.0833 e. The third-order valence-corrected chi connectivity index (χ3v) is 5.24. The first-order chi connectivity index (χ1) is 8.34. The molecule has 2 fully saturated rings. The molecular formula is C16H31NO. The molecule has 2 N–H and O–H groups in total. The van der Waals surface area contributed by atoms with E-state index in [-0.39, 0.29) is 5.41 Å². The van der Waals surface area contributed by atoms with Gasteiger partial charge >= 0.3 is 0 Å². The van der Waals surface area contributed by atoms with Gasteiger partial charge in [-0.2, -0.15) is 0 Å². The van der Waals surface area contributed by atoms with Crippen LogP contribution < -0.4 is 5.32 Å². The number of nitrogens with one attached hydrogen (secondary N) is 1. The molecule has 1 saturated carbocycles. The van der Waals surface area contributed by atoms with Gasteiger partial charge in [-0.15, -0.1) is 0 Å². The molecular weight excluding hydrogens is 222 g/mol. The summed E-state index contributed by atoms with van der Waals surface area (Å²) in [4.78, 5) is 0. The molecule has 1 heterocycles. The first-order valence-electron chi connectivity index (χ1n) is 7.80. The Bertz CT molecular complexity index is 283. The van der Waals surface area contributed by atoms with Gasteiger partial charge in [0.15, 0.2) is 0 Å². The summed E-state index contributed by atoms with van der Waals surface area (Å²) in [5.74, 6) is 1.18. The van der Waals surface area contributed by atoms with Crippen LogP contribution in [0.2, 0.25) is 0 Å². The maximum absolute atomic E-state index is 11.3. The Hall–Kier alpha value is -0.0800. The van der Waals surface area contributed by atoms with E-state index in [2.05, 4.69) is 33.0 Å². The molecule has 0 aromatic carbocycles. The van der Waals surface area contributed by atoms with E-state index in [1.165, 1.54) is 25.7 Å². The molecule has 2 nitrogen and oxygen atoms in total. The molecule has 4 atom stereocenters. The van der Waals surface area contributed by atoms with Gasteiger partial charge < -0.3 is 10.4 Å². The van der Waals surface area contributed by atoms with Gasteiger partial charge in [-0.3, -0.25) is 0 Å². The fourth-order valence-electron chi connectivity index (χ4n) is 4.27. The van der Waals surface area contributed by atoms with Crippen molar-refractivity contribution < 1.29 is 5.11 Å². The van der Waals surface area contributed by atoms with E-state index < -0.39 is 5.60 Å². The van der Waals surface area contributed by atoms with Crippen LogP contribution in [0.3, 0.4) is 0 Å². The van der Waals surface area contributed by atoms with Crippen LogP contribution in [0.4, 0.5) is 0 Å². The van der Waals surface area contributed by atoms with Crippen molar-refractivity contribution in [1.82, 2.24) is 5.32 Å². The Balaban J connectivity index is 2.19. The molecule has 2 aliphatic rings. The maximum Gasteiger partial charge on any atom is 0.0833 e. The molecule has 0 aromatic rings. The predicted molar refractivity (Wildman–Crippen MR) is 76.6 cm³/mol. The Kier molecular flexibility index (Phi) is 4.08. The van der Waals surface area contributed by atoms with Crippen molar-refractivity contribution in [3.05, 3.63) is 0 Å². The highest BCUT2D eigenvalue weighted by Crippen LogP contribution is 2.47. The van der Waals surface area contributed by atoms with E-state index >= 15 is 0 Å². The molecule has 2 rings (SSSR count). The van der Waals surface area contributed by atoms with Crippen molar-refractivity contribution in [1.29, 1.82) is 0 Å². The Morgan fingerprint density at radius 1 is 1.17 bits per heavy atom. The van der Waals surface area contributed by atoms with Gasteiger partial charge in [0.1, 0.15) is 0 Å². The number of aliphatic hydroxyl groups is 1. The van der Waals surface area contributed by atoms with Crippen LogP contribution in [-0.4, -0.2) is 23.3 Å². The second-order valence-electron chi connectivity index (χ2n) is 7.79. The quantitative estimate of drug-likeness (QED) is 0.751. The van der Waals surface area contributed by atoms with Crippen molar-refractivity contribution in [3.8, 4) is 0 Å². The summed E-state index contributed by atoms with van der Waals surface area (Å²) in [6.07, 6.45) is 7.05. The molecule has 1 saturated heterocycles. The van der Waals surface area contributed by atoms with Crippen molar-refractivity contribution in [3.63, 3.8) is 0 Å². The lowest BCUT2D eigenvalue weighted by Crippen LogP contribution is -2.61. The second-order valence-corrected chi connectivity index (χ2v) is 7.79. The summed E-state index contributed by atoms with van der Waals surface area (Å²) >= 11 is 0. The van der Waals surface area contributed by atoms with Gasteiger partial charge in [0.25, 0.3) is 0 Å². The van der Waals surface area contributed by atoms with Crippen LogP contribution in [-0.2, 0) is 0 Å². The van der Waals surface area contributed by atoms with Crippen LogP contribution in [0.15, 0.2) is 0 Å². The summed E-state index contributed by atoms with van der Waals surface area (Å²) < 4.78 is 0. The second kappa shape index (κ2) is 5.13. The lowest BCUT2D eigenvalue weighted by Gasteiger charge is -2.52. The molecule has 0 spiro atoms. The normalized spacial score (nSPS) is 42.8. The third kappa shape index (κ3) is 2.75. The number of hydrogen-bond donors (Lipinski definition) is 2. The van der Waals surface area contributed by atoms with Crippen LogP contribution in [0.5, 0.6) is 0 Å². The third-order valence-electron chi connectivity index (χ3n) is 5.24. The van der Waals surface area contributed by atoms with Gasteiger partial charge in [0.05, 0.1) is 5.60 Å². The van der Waals surface area contributed by atoms with E-state index in [4.69, 9.17) is 0 Å². The molecule has 2 heteroatoms. The Morgan fingerprint density at radius 3 is 2.50 bits per heavy atom. The van der Waals surface area contributed by atoms with Crippen molar-refractivity contribution >= 4 is 0 Å². The minimum atomic E-state index is -0.481. The van der Waals surface area contributed by atoms with Gasteiger partial charge in [-0.1, -0.05) is 40.5 Å². The highest BCUT2D eigenvalue weighted by molar-refractivity contribution is 5.04. The summed E-state index contributed by atoms with van der Waals surface area (Å²) in [6, 6.07) is 0.311. The van der Waals surface area contributed by atoms with Crippen LogP contribution in [0, 0.1) is 17.3 Å². The van der Waals surface area contributed by atoms with Gasteiger partial charge in [-0.05, 0) is 49.5 Å². The van der Waals surface area contributed by atoms with Crippen LogP contribution in [0.1, 0.15) is 66.2 Å². The van der Waals surface area contributed by atoms with Gasteiger partial charge in [0, 0.05) is 6.04 Å². The molecule has 106 valence electrons. The van der Waals surface area contributed by atoms with Crippen LogP contribution >= 0.6 is 0 Å². The SMILES string of the molecule is CC1CCNC(C2(O)CCCCC2C(C)(C)C)C1. The molecule has 0 bridgehead atoms. The van der Waals surface area contributed by atoms with Crippen molar-refractivity contribution in [2.75, 3.05) is 6.54 Å². The zero-order valence-corrected chi connectivity index (χ0v) is 12.6. The number of rotatable bonds is 1. The number of hydrogen-bond acceptors (Lipinski definition) is 2. The minimum absolute atomic E-state index is 0.206. The number of piperidine rings is 1. The Labute approximate surface area is 113 Å². The summed E-state index contributed by atoms with van der Waals surface area (Å²) in [7, 11) is 0. The van der Waals surface area contributed by atoms with Gasteiger partial charge in [-0.25, -0.2) is 0 Å². The lowest BCUT2D eigenvalue weighted by molar-refractivity contribution is -0.121. The fourth-order valence-corrected chi connectivity index (χ4v) is 4.27. The monoisotopic (exact) mass is 253 g/mol. The molecule has 0 radical (unpaired) electrons. The fraction of sp³-hybridized carbons (Fsp3) is 1.00. The summed E-state index contributed by atoms with van der Waals surface area (Å²) in [6.45, 7) is 10.3. The standard InChI is InChI=1S/C16H31NO/c1-12-8-10-17-14(11-12)16(18)9-6-5-7-13(16)15(2,3)4/h12-14,17-18H,5-11H2,1-4H3. The lowest BCUT2D eigenvalue weighted by atomic mass is 9.60. The highest BCUT2D eigenvalue weighted by atomic mass is 16.3. The van der Waals surface area contributed by atoms with E-state index in [1.807, 2.05) is 0 Å². The topological polar surface area (TPSA) is 32.3 Å². The maximum atomic E-state index is 11.3. The van der Waals surface area contributed by atoms with E-state index in [0.717, 1.165) is 25.3 Å². The summed E-state index contributed by atoms with van der Waals surface area (Å²) in [5.41, 5.74) is -0.275. The van der Waals surface area contributed by atoms with E-state index in [0.29, 0.717) is 12.0 Å². The minimum Gasteiger partial charge on any atom is -0.388 e. The largest absolute Gasteiger partial charge is 0.388 e. The first-order valence-corrected chi connectivity index (χ1v) is 7.80. The average Bonchev–Trinajstić information content (AvgIpc) is 2.28. The molecule has 1 aliphatic carbocycles. The molecule has 1 aliphatic heterocycles. The van der Waals surface area contributed by atoms with E-state index in [1.54, 1.807) is 0 Å². The van der Waals surface area contributed by atoms with Crippen LogP contribution in [0.25, 0.3) is 0 Å². The molecule has 0 amide bonds. The molecule has 18 heavy (non-hydrogen) atoms. The molecule has 4 unspecified atom stereocenters.